The molecule has 3 aromatic rings. The summed E-state index contributed by atoms with van der Waals surface area (Å²) in [5, 5.41) is 1.72. The largest absolute Gasteiger partial charge is 0.457 e. The number of hydrogen-bond acceptors (Lipinski definition) is 3. The van der Waals surface area contributed by atoms with Crippen molar-refractivity contribution in [2.45, 2.75) is 30.6 Å². The molecule has 0 fully saturated rings. The maximum absolute atomic E-state index is 15.4. The zero-order chi connectivity index (χ0) is 34.3. The number of carbonyl (C=O) groups excluding carboxylic acids is 2. The van der Waals surface area contributed by atoms with Crippen LogP contribution in [0.3, 0.4) is 0 Å². The first kappa shape index (κ1) is 35.4. The van der Waals surface area contributed by atoms with Crippen LogP contribution in [0, 0.1) is 11.6 Å². The Morgan fingerprint density at radius 3 is 1.96 bits per heavy atom. The predicted octanol–water partition coefficient (Wildman–Crippen LogP) is 8.78. The van der Waals surface area contributed by atoms with E-state index in [1.807, 2.05) is 0 Å². The van der Waals surface area contributed by atoms with E-state index in [0.717, 1.165) is 49.5 Å². The second-order valence-corrected chi connectivity index (χ2v) is 9.76. The second-order valence-electron chi connectivity index (χ2n) is 8.90. The minimum atomic E-state index is -7.16. The van der Waals surface area contributed by atoms with Gasteiger partial charge in [-0.05, 0) is 64.5 Å². The Labute approximate surface area is 251 Å². The molecular formula is C26H14BrF13N2O3. The number of hydrogen-bond donors (Lipinski definition) is 1. The number of ether oxygens (including phenoxy) is 1. The average Bonchev–Trinajstić information content (AvgIpc) is 2.92. The number of amides is 2. The lowest BCUT2D eigenvalue weighted by Gasteiger charge is -2.36. The summed E-state index contributed by atoms with van der Waals surface area (Å²) in [6.07, 6.45) is -14.1. The van der Waals surface area contributed by atoms with Gasteiger partial charge in [0.25, 0.3) is 11.8 Å². The summed E-state index contributed by atoms with van der Waals surface area (Å²) in [5.41, 5.74) is -11.9. The first-order valence-corrected chi connectivity index (χ1v) is 12.5. The van der Waals surface area contributed by atoms with Gasteiger partial charge in [-0.15, -0.1) is 0 Å². The number of anilines is 2. The highest BCUT2D eigenvalue weighted by molar-refractivity contribution is 9.10. The zero-order valence-electron chi connectivity index (χ0n) is 21.7. The number of alkyl halides is 11. The summed E-state index contributed by atoms with van der Waals surface area (Å²) in [5.74, 6) is -13.5. The van der Waals surface area contributed by atoms with Crippen molar-refractivity contribution < 1.29 is 71.4 Å². The molecule has 19 heteroatoms. The van der Waals surface area contributed by atoms with Crippen LogP contribution >= 0.6 is 15.9 Å². The van der Waals surface area contributed by atoms with Crippen LogP contribution in [0.4, 0.5) is 68.5 Å². The zero-order valence-corrected chi connectivity index (χ0v) is 23.3. The van der Waals surface area contributed by atoms with Crippen molar-refractivity contribution in [3.8, 4) is 5.75 Å². The molecule has 0 bridgehead atoms. The quantitative estimate of drug-likeness (QED) is 0.236. The summed E-state index contributed by atoms with van der Waals surface area (Å²) in [6.45, 7) is -4.02. The third-order valence-corrected chi connectivity index (χ3v) is 6.69. The molecule has 0 aliphatic carbocycles. The van der Waals surface area contributed by atoms with E-state index in [2.05, 4.69) is 20.7 Å². The molecule has 1 unspecified atom stereocenters. The van der Waals surface area contributed by atoms with Crippen molar-refractivity contribution in [3.05, 3.63) is 87.4 Å². The minimum Gasteiger partial charge on any atom is -0.433 e. The highest BCUT2D eigenvalue weighted by atomic mass is 79.9. The molecule has 1 N–H and O–H groups in total. The standard InChI is InChI=1S/C26H14BrF13N2O3/c1-42(21(44)11-5-7-13(28)8-6-11)16-4-2-3-14(18(16)29)20(43)41-19-15(27)9-12(10-17(19)45-22(30)31)23(32,25(35,36)37)24(33,34)26(38,39)40/h2-10,22H,1H3,(H,41,43). The fourth-order valence-corrected chi connectivity index (χ4v) is 4.38. The SMILES string of the molecule is CN(C(=O)c1ccc(F)cc1)c1cccc(C(=O)Nc2c(Br)cc(C(F)(C(F)(F)F)C(F)(F)C(F)(F)F)cc2OC(F)F)c1F. The molecule has 0 aromatic heterocycles. The Morgan fingerprint density at radius 2 is 1.44 bits per heavy atom. The van der Waals surface area contributed by atoms with Crippen molar-refractivity contribution in [1.29, 1.82) is 0 Å². The molecule has 1 atom stereocenters. The van der Waals surface area contributed by atoms with Crippen molar-refractivity contribution in [2.24, 2.45) is 0 Å². The van der Waals surface area contributed by atoms with Crippen molar-refractivity contribution in [2.75, 3.05) is 17.3 Å². The number of halogens is 14. The van der Waals surface area contributed by atoms with Crippen LogP contribution in [0.1, 0.15) is 26.3 Å². The fourth-order valence-electron chi connectivity index (χ4n) is 3.84. The summed E-state index contributed by atoms with van der Waals surface area (Å²) in [4.78, 5) is 26.3. The summed E-state index contributed by atoms with van der Waals surface area (Å²) >= 11 is 2.40. The molecule has 0 radical (unpaired) electrons. The maximum Gasteiger partial charge on any atom is 0.457 e. The first-order valence-electron chi connectivity index (χ1n) is 11.7. The van der Waals surface area contributed by atoms with Crippen LogP contribution in [0.25, 0.3) is 0 Å². The van der Waals surface area contributed by atoms with Gasteiger partial charge in [0.15, 0.2) is 11.6 Å². The van der Waals surface area contributed by atoms with Gasteiger partial charge in [0.1, 0.15) is 5.82 Å². The van der Waals surface area contributed by atoms with Gasteiger partial charge in [-0.1, -0.05) is 6.07 Å². The molecular weight excluding hydrogens is 715 g/mol. The van der Waals surface area contributed by atoms with E-state index in [1.165, 1.54) is 0 Å². The molecule has 5 nitrogen and oxygen atoms in total. The lowest BCUT2D eigenvalue weighted by molar-refractivity contribution is -0.389. The lowest BCUT2D eigenvalue weighted by Crippen LogP contribution is -2.59. The van der Waals surface area contributed by atoms with E-state index in [9.17, 15) is 62.3 Å². The lowest BCUT2D eigenvalue weighted by atomic mass is 9.87. The van der Waals surface area contributed by atoms with Gasteiger partial charge in [-0.25, -0.2) is 13.2 Å². The predicted molar refractivity (Wildman–Crippen MR) is 134 cm³/mol. The summed E-state index contributed by atoms with van der Waals surface area (Å²) in [7, 11) is 1.05. The Kier molecular flexibility index (Phi) is 9.77. The minimum absolute atomic E-state index is 0.120. The molecule has 244 valence electrons. The molecule has 2 amide bonds. The van der Waals surface area contributed by atoms with Crippen molar-refractivity contribution in [3.63, 3.8) is 0 Å². The summed E-state index contributed by atoms with van der Waals surface area (Å²) in [6, 6.07) is 5.91. The molecule has 45 heavy (non-hydrogen) atoms. The van der Waals surface area contributed by atoms with Crippen LogP contribution in [-0.4, -0.2) is 43.7 Å². The molecule has 0 spiro atoms. The molecule has 0 heterocycles. The molecule has 3 rings (SSSR count). The van der Waals surface area contributed by atoms with Crippen LogP contribution in [0.15, 0.2) is 59.1 Å². The Hall–Kier alpha value is -4.03. The van der Waals surface area contributed by atoms with Gasteiger partial charge in [-0.3, -0.25) is 9.59 Å². The van der Waals surface area contributed by atoms with E-state index >= 15 is 4.39 Å². The summed E-state index contributed by atoms with van der Waals surface area (Å²) < 4.78 is 180. The smallest absolute Gasteiger partial charge is 0.433 e. The molecule has 3 aromatic carbocycles. The van der Waals surface area contributed by atoms with Crippen molar-refractivity contribution in [1.82, 2.24) is 0 Å². The van der Waals surface area contributed by atoms with E-state index in [1.54, 1.807) is 5.32 Å². The monoisotopic (exact) mass is 728 g/mol. The number of nitrogens with zero attached hydrogens (tertiary/aromatic N) is 1. The average molecular weight is 729 g/mol. The van der Waals surface area contributed by atoms with Crippen LogP contribution in [-0.2, 0) is 5.67 Å². The Balaban J connectivity index is 2.09. The van der Waals surface area contributed by atoms with Crippen LogP contribution in [0.2, 0.25) is 0 Å². The van der Waals surface area contributed by atoms with Gasteiger partial charge < -0.3 is 15.0 Å². The molecule has 0 aliphatic rings. The normalized spacial score (nSPS) is 13.8. The molecule has 0 saturated carbocycles. The molecule has 0 saturated heterocycles. The Morgan fingerprint density at radius 1 is 0.867 bits per heavy atom. The van der Waals surface area contributed by atoms with E-state index < -0.39 is 92.8 Å². The number of rotatable bonds is 8. The molecule has 0 aliphatic heterocycles. The topological polar surface area (TPSA) is 58.6 Å². The maximum atomic E-state index is 15.4. The van der Waals surface area contributed by atoms with E-state index in [4.69, 9.17) is 0 Å². The van der Waals surface area contributed by atoms with Crippen molar-refractivity contribution >= 4 is 39.1 Å². The number of carbonyl (C=O) groups is 2. The van der Waals surface area contributed by atoms with Gasteiger partial charge in [0.05, 0.1) is 16.9 Å². The fraction of sp³-hybridized carbons (Fsp3) is 0.231. The third-order valence-electron chi connectivity index (χ3n) is 6.07. The van der Waals surface area contributed by atoms with Gasteiger partial charge in [0.2, 0.25) is 0 Å². The highest BCUT2D eigenvalue weighted by Gasteiger charge is 2.81. The number of nitrogens with one attached hydrogen (secondary N) is 1. The first-order chi connectivity index (χ1) is 20.5. The second kappa shape index (κ2) is 12.4. The van der Waals surface area contributed by atoms with E-state index in [0.29, 0.717) is 4.90 Å². The van der Waals surface area contributed by atoms with Gasteiger partial charge in [0, 0.05) is 22.6 Å². The van der Waals surface area contributed by atoms with Crippen LogP contribution in [0.5, 0.6) is 5.75 Å². The van der Waals surface area contributed by atoms with E-state index in [-0.39, 0.29) is 11.6 Å². The van der Waals surface area contributed by atoms with Gasteiger partial charge in [-0.2, -0.15) is 43.9 Å². The van der Waals surface area contributed by atoms with Gasteiger partial charge >= 0.3 is 30.6 Å². The Bertz CT molecular complexity index is 1590. The van der Waals surface area contributed by atoms with Crippen LogP contribution < -0.4 is 15.0 Å². The highest BCUT2D eigenvalue weighted by Crippen LogP contribution is 2.59. The third kappa shape index (κ3) is 6.67. The number of benzene rings is 3.